The lowest BCUT2D eigenvalue weighted by Gasteiger charge is -2.13. The molecule has 0 spiro atoms. The second-order valence-corrected chi connectivity index (χ2v) is 6.53. The van der Waals surface area contributed by atoms with Crippen molar-refractivity contribution in [2.45, 2.75) is 13.5 Å². The molecule has 0 aliphatic rings. The lowest BCUT2D eigenvalue weighted by molar-refractivity contribution is -0.114. The van der Waals surface area contributed by atoms with Crippen molar-refractivity contribution >= 4 is 23.2 Å². The summed E-state index contributed by atoms with van der Waals surface area (Å²) < 4.78 is 20.4. The fraction of sp³-hybridized carbons (Fsp3) is 0.136. The van der Waals surface area contributed by atoms with E-state index in [1.165, 1.54) is 43.0 Å². The largest absolute Gasteiger partial charge is 0.495 e. The van der Waals surface area contributed by atoms with E-state index in [1.54, 1.807) is 36.4 Å². The molecule has 0 aliphatic heterocycles. The topological polar surface area (TPSA) is 89.4 Å². The van der Waals surface area contributed by atoms with Crippen LogP contribution >= 0.6 is 0 Å². The SMILES string of the molecule is COc1ccc(NC(C)=O)cc1NC(=O)c1ccc(=O)n(Cc2ccccc2F)c1. The number of nitrogens with one attached hydrogen (secondary N) is 2. The molecule has 8 heteroatoms. The van der Waals surface area contributed by atoms with E-state index < -0.39 is 11.7 Å². The van der Waals surface area contributed by atoms with Gasteiger partial charge in [-0.2, -0.15) is 0 Å². The first-order chi connectivity index (χ1) is 14.4. The molecule has 0 atom stereocenters. The van der Waals surface area contributed by atoms with Gasteiger partial charge in [-0.25, -0.2) is 4.39 Å². The molecule has 0 bridgehead atoms. The Labute approximate surface area is 172 Å². The fourth-order valence-corrected chi connectivity index (χ4v) is 2.88. The Hall–Kier alpha value is -3.94. The smallest absolute Gasteiger partial charge is 0.257 e. The van der Waals surface area contributed by atoms with E-state index in [9.17, 15) is 18.8 Å². The van der Waals surface area contributed by atoms with Crippen molar-refractivity contribution in [3.63, 3.8) is 0 Å². The molecule has 2 N–H and O–H groups in total. The number of aromatic nitrogens is 1. The molecular weight excluding hydrogens is 389 g/mol. The minimum absolute atomic E-state index is 0.00599. The van der Waals surface area contributed by atoms with Gasteiger partial charge in [-0.15, -0.1) is 0 Å². The summed E-state index contributed by atoms with van der Waals surface area (Å²) in [5.41, 5.74) is 1.02. The maximum atomic E-state index is 13.9. The number of hydrogen-bond acceptors (Lipinski definition) is 4. The third kappa shape index (κ3) is 4.91. The monoisotopic (exact) mass is 409 g/mol. The van der Waals surface area contributed by atoms with Crippen molar-refractivity contribution in [2.75, 3.05) is 17.7 Å². The molecule has 1 heterocycles. The summed E-state index contributed by atoms with van der Waals surface area (Å²) in [7, 11) is 1.46. The molecule has 1 aromatic heterocycles. The highest BCUT2D eigenvalue weighted by Gasteiger charge is 2.13. The molecule has 30 heavy (non-hydrogen) atoms. The average Bonchev–Trinajstić information content (AvgIpc) is 2.71. The predicted octanol–water partition coefficient (Wildman–Crippen LogP) is 3.26. The maximum absolute atomic E-state index is 13.9. The Bertz CT molecular complexity index is 1160. The number of pyridine rings is 1. The van der Waals surface area contributed by atoms with E-state index in [0.29, 0.717) is 22.7 Å². The molecule has 3 rings (SSSR count). The number of carbonyl (C=O) groups excluding carboxylic acids is 2. The van der Waals surface area contributed by atoms with Gasteiger partial charge in [0, 0.05) is 30.4 Å². The highest BCUT2D eigenvalue weighted by Crippen LogP contribution is 2.28. The molecule has 0 fully saturated rings. The zero-order chi connectivity index (χ0) is 21.7. The zero-order valence-electron chi connectivity index (χ0n) is 16.4. The van der Waals surface area contributed by atoms with Crippen molar-refractivity contribution in [3.05, 3.63) is 88.1 Å². The normalized spacial score (nSPS) is 10.4. The summed E-state index contributed by atoms with van der Waals surface area (Å²) in [5.74, 6) is -0.774. The second-order valence-electron chi connectivity index (χ2n) is 6.53. The van der Waals surface area contributed by atoms with E-state index in [-0.39, 0.29) is 23.6 Å². The molecular formula is C22H20FN3O4. The molecule has 0 aliphatic carbocycles. The molecule has 3 aromatic rings. The molecule has 2 amide bonds. The van der Waals surface area contributed by atoms with Crippen LogP contribution in [0.1, 0.15) is 22.8 Å². The van der Waals surface area contributed by atoms with Gasteiger partial charge in [0.1, 0.15) is 11.6 Å². The summed E-state index contributed by atoms with van der Waals surface area (Å²) >= 11 is 0. The number of carbonyl (C=O) groups is 2. The van der Waals surface area contributed by atoms with Gasteiger partial charge in [0.25, 0.3) is 11.5 Å². The third-order valence-electron chi connectivity index (χ3n) is 4.31. The summed E-state index contributed by atoms with van der Waals surface area (Å²) in [5, 5.41) is 5.34. The minimum Gasteiger partial charge on any atom is -0.495 e. The van der Waals surface area contributed by atoms with Crippen LogP contribution in [-0.4, -0.2) is 23.5 Å². The van der Waals surface area contributed by atoms with E-state index in [0.717, 1.165) is 0 Å². The zero-order valence-corrected chi connectivity index (χ0v) is 16.4. The first-order valence-corrected chi connectivity index (χ1v) is 9.08. The van der Waals surface area contributed by atoms with Crippen molar-refractivity contribution in [2.24, 2.45) is 0 Å². The van der Waals surface area contributed by atoms with Crippen molar-refractivity contribution in [1.82, 2.24) is 4.57 Å². The number of rotatable bonds is 6. The van der Waals surface area contributed by atoms with E-state index in [4.69, 9.17) is 4.74 Å². The maximum Gasteiger partial charge on any atom is 0.257 e. The lowest BCUT2D eigenvalue weighted by atomic mass is 10.2. The Balaban J connectivity index is 1.86. The summed E-state index contributed by atoms with van der Waals surface area (Å²) in [6.45, 7) is 1.37. The minimum atomic E-state index is -0.490. The van der Waals surface area contributed by atoms with Crippen LogP contribution < -0.4 is 20.9 Å². The van der Waals surface area contributed by atoms with Crippen LogP contribution in [-0.2, 0) is 11.3 Å². The number of halogens is 1. The number of benzene rings is 2. The Morgan fingerprint density at radius 2 is 1.83 bits per heavy atom. The van der Waals surface area contributed by atoms with Crippen LogP contribution in [0.5, 0.6) is 5.75 Å². The van der Waals surface area contributed by atoms with Crippen LogP contribution in [0.25, 0.3) is 0 Å². The standard InChI is InChI=1S/C22H20FN3O4/c1-14(27)24-17-8-9-20(30-2)19(11-17)25-22(29)16-7-10-21(28)26(13-16)12-15-5-3-4-6-18(15)23/h3-11,13H,12H2,1-2H3,(H,24,27)(H,25,29). The Morgan fingerprint density at radius 3 is 2.53 bits per heavy atom. The molecule has 0 saturated heterocycles. The van der Waals surface area contributed by atoms with Gasteiger partial charge in [-0.3, -0.25) is 14.4 Å². The van der Waals surface area contributed by atoms with Gasteiger partial charge >= 0.3 is 0 Å². The third-order valence-corrected chi connectivity index (χ3v) is 4.31. The van der Waals surface area contributed by atoms with Gasteiger partial charge in [0.05, 0.1) is 24.9 Å². The van der Waals surface area contributed by atoms with Gasteiger partial charge in [0.15, 0.2) is 0 Å². The van der Waals surface area contributed by atoms with E-state index in [1.807, 2.05) is 0 Å². The van der Waals surface area contributed by atoms with Crippen LogP contribution in [0, 0.1) is 5.82 Å². The van der Waals surface area contributed by atoms with Crippen molar-refractivity contribution in [3.8, 4) is 5.75 Å². The van der Waals surface area contributed by atoms with Crippen molar-refractivity contribution < 1.29 is 18.7 Å². The first kappa shape index (κ1) is 20.8. The van der Waals surface area contributed by atoms with Gasteiger partial charge < -0.3 is 19.9 Å². The van der Waals surface area contributed by atoms with E-state index in [2.05, 4.69) is 10.6 Å². The number of amides is 2. The molecule has 0 radical (unpaired) electrons. The summed E-state index contributed by atoms with van der Waals surface area (Å²) in [4.78, 5) is 36.2. The summed E-state index contributed by atoms with van der Waals surface area (Å²) in [6, 6.07) is 13.6. The average molecular weight is 409 g/mol. The van der Waals surface area contributed by atoms with Crippen molar-refractivity contribution in [1.29, 1.82) is 0 Å². The Morgan fingerprint density at radius 1 is 1.07 bits per heavy atom. The molecule has 2 aromatic carbocycles. The van der Waals surface area contributed by atoms with Crippen LogP contribution in [0.3, 0.4) is 0 Å². The first-order valence-electron chi connectivity index (χ1n) is 9.08. The number of nitrogens with zero attached hydrogens (tertiary/aromatic N) is 1. The fourth-order valence-electron chi connectivity index (χ4n) is 2.88. The lowest BCUT2D eigenvalue weighted by Crippen LogP contribution is -2.23. The molecule has 0 unspecified atom stereocenters. The highest BCUT2D eigenvalue weighted by molar-refractivity contribution is 6.05. The number of ether oxygens (including phenoxy) is 1. The Kier molecular flexibility index (Phi) is 6.26. The summed E-state index contributed by atoms with van der Waals surface area (Å²) in [6.07, 6.45) is 1.37. The van der Waals surface area contributed by atoms with Crippen LogP contribution in [0.2, 0.25) is 0 Å². The van der Waals surface area contributed by atoms with Gasteiger partial charge in [-0.1, -0.05) is 18.2 Å². The number of anilines is 2. The van der Waals surface area contributed by atoms with Gasteiger partial charge in [-0.05, 0) is 30.3 Å². The quantitative estimate of drug-likeness (QED) is 0.654. The predicted molar refractivity (Wildman–Crippen MR) is 111 cm³/mol. The highest BCUT2D eigenvalue weighted by atomic mass is 19.1. The van der Waals surface area contributed by atoms with Gasteiger partial charge in [0.2, 0.25) is 5.91 Å². The molecule has 154 valence electrons. The number of methoxy groups -OCH3 is 1. The molecule has 7 nitrogen and oxygen atoms in total. The van der Waals surface area contributed by atoms with E-state index >= 15 is 0 Å². The number of hydrogen-bond donors (Lipinski definition) is 2. The van der Waals surface area contributed by atoms with Crippen LogP contribution in [0.15, 0.2) is 65.6 Å². The molecule has 0 saturated carbocycles. The second kappa shape index (κ2) is 9.04. The van der Waals surface area contributed by atoms with Crippen LogP contribution in [0.4, 0.5) is 15.8 Å².